The summed E-state index contributed by atoms with van der Waals surface area (Å²) in [4.78, 5) is 0. The van der Waals surface area contributed by atoms with Crippen molar-refractivity contribution >= 4 is 33.2 Å². The minimum atomic E-state index is -0.521. The lowest BCUT2D eigenvalue weighted by molar-refractivity contribution is 0.630. The molecule has 16 heavy (non-hydrogen) atoms. The van der Waals surface area contributed by atoms with E-state index in [0.29, 0.717) is 4.47 Å². The van der Waals surface area contributed by atoms with Gasteiger partial charge in [-0.25, -0.2) is 4.39 Å². The van der Waals surface area contributed by atoms with Gasteiger partial charge < -0.3 is 5.73 Å². The van der Waals surface area contributed by atoms with Crippen LogP contribution in [0.1, 0.15) is 0 Å². The molecule has 0 unspecified atom stereocenters. The van der Waals surface area contributed by atoms with Crippen molar-refractivity contribution in [1.29, 1.82) is 10.7 Å². The summed E-state index contributed by atoms with van der Waals surface area (Å²) in [5, 5.41) is 19.1. The summed E-state index contributed by atoms with van der Waals surface area (Å²) in [6.45, 7) is 0. The maximum Gasteiger partial charge on any atom is 0.201 e. The van der Waals surface area contributed by atoms with Crippen LogP contribution in [0.25, 0.3) is 0 Å². The average Bonchev–Trinajstić information content (AvgIpc) is 2.23. The Balaban J connectivity index is 2.94. The highest BCUT2D eigenvalue weighted by Crippen LogP contribution is 2.19. The maximum atomic E-state index is 13.2. The fourth-order valence-electron chi connectivity index (χ4n) is 0.845. The molecule has 0 heterocycles. The van der Waals surface area contributed by atoms with Gasteiger partial charge in [-0.15, -0.1) is 0 Å². The first-order chi connectivity index (χ1) is 7.54. The zero-order valence-corrected chi connectivity index (χ0v) is 9.55. The van der Waals surface area contributed by atoms with Gasteiger partial charge in [0.05, 0.1) is 5.69 Å². The van der Waals surface area contributed by atoms with Gasteiger partial charge in [0.15, 0.2) is 5.84 Å². The second-order valence-electron chi connectivity index (χ2n) is 2.72. The van der Waals surface area contributed by atoms with Gasteiger partial charge in [0.1, 0.15) is 11.9 Å². The largest absolute Gasteiger partial charge is 0.382 e. The van der Waals surface area contributed by atoms with Crippen LogP contribution in [-0.4, -0.2) is 11.5 Å². The van der Waals surface area contributed by atoms with Crippen LogP contribution in [-0.2, 0) is 0 Å². The minimum Gasteiger partial charge on any atom is -0.382 e. The predicted octanol–water partition coefficient (Wildman–Crippen LogP) is 1.82. The molecule has 7 heteroatoms. The van der Waals surface area contributed by atoms with Crippen molar-refractivity contribution in [3.05, 3.63) is 28.5 Å². The number of nitriles is 1. The van der Waals surface area contributed by atoms with E-state index >= 15 is 0 Å². The number of nitrogens with one attached hydrogen (secondary N) is 2. The van der Waals surface area contributed by atoms with Crippen LogP contribution < -0.4 is 11.2 Å². The van der Waals surface area contributed by atoms with Gasteiger partial charge in [-0.2, -0.15) is 10.4 Å². The number of anilines is 1. The summed E-state index contributed by atoms with van der Waals surface area (Å²) < 4.78 is 13.9. The van der Waals surface area contributed by atoms with E-state index in [9.17, 15) is 4.39 Å². The molecule has 1 aromatic carbocycles. The molecule has 82 valence electrons. The molecule has 0 aliphatic heterocycles. The summed E-state index contributed by atoms with van der Waals surface area (Å²) in [5.41, 5.74) is 7.17. The molecule has 0 bridgehead atoms. The molecule has 0 amide bonds. The van der Waals surface area contributed by atoms with E-state index in [1.165, 1.54) is 18.2 Å². The number of hydrogen-bond donors (Lipinski definition) is 3. The van der Waals surface area contributed by atoms with Crippen LogP contribution in [0.15, 0.2) is 27.8 Å². The van der Waals surface area contributed by atoms with Crippen LogP contribution in [0.3, 0.4) is 0 Å². The monoisotopic (exact) mass is 283 g/mol. The Morgan fingerprint density at radius 2 is 2.31 bits per heavy atom. The first kappa shape index (κ1) is 12.1. The first-order valence-electron chi connectivity index (χ1n) is 4.08. The lowest BCUT2D eigenvalue weighted by Gasteiger charge is -2.03. The Kier molecular flexibility index (Phi) is 3.96. The van der Waals surface area contributed by atoms with E-state index in [4.69, 9.17) is 16.4 Å². The normalized spacial score (nSPS) is 10.7. The lowest BCUT2D eigenvalue weighted by Crippen LogP contribution is -2.21. The number of amidine groups is 1. The summed E-state index contributed by atoms with van der Waals surface area (Å²) >= 11 is 3.16. The second kappa shape index (κ2) is 5.23. The molecule has 0 aromatic heterocycles. The Labute approximate surface area is 99.4 Å². The molecule has 5 nitrogen and oxygen atoms in total. The highest BCUT2D eigenvalue weighted by molar-refractivity contribution is 9.10. The van der Waals surface area contributed by atoms with Crippen LogP contribution in [0.2, 0.25) is 0 Å². The van der Waals surface area contributed by atoms with Gasteiger partial charge in [-0.1, -0.05) is 15.9 Å². The third kappa shape index (κ3) is 3.03. The zero-order chi connectivity index (χ0) is 12.1. The number of halogens is 2. The SMILES string of the molecule is N#C/C(=N\Nc1cc(Br)ccc1F)C(=N)N. The standard InChI is InChI=1S/C9H7BrFN5/c10-5-1-2-6(11)7(3-5)15-16-8(4-12)9(13)14/h1-3,15H,(H3,13,14)/b16-8+. The summed E-state index contributed by atoms with van der Waals surface area (Å²) in [7, 11) is 0. The summed E-state index contributed by atoms with van der Waals surface area (Å²) in [6.07, 6.45) is 0. The van der Waals surface area contributed by atoms with E-state index in [1.54, 1.807) is 6.07 Å². The number of benzene rings is 1. The van der Waals surface area contributed by atoms with E-state index in [1.807, 2.05) is 0 Å². The van der Waals surface area contributed by atoms with Crippen molar-refractivity contribution in [2.45, 2.75) is 0 Å². The zero-order valence-electron chi connectivity index (χ0n) is 7.96. The second-order valence-corrected chi connectivity index (χ2v) is 3.64. The predicted molar refractivity (Wildman–Crippen MR) is 62.7 cm³/mol. The molecule has 0 fully saturated rings. The van der Waals surface area contributed by atoms with Crippen LogP contribution in [0.5, 0.6) is 0 Å². The van der Waals surface area contributed by atoms with Crippen molar-refractivity contribution in [2.75, 3.05) is 5.43 Å². The van der Waals surface area contributed by atoms with Gasteiger partial charge in [0.2, 0.25) is 5.71 Å². The van der Waals surface area contributed by atoms with Crippen molar-refractivity contribution in [2.24, 2.45) is 10.8 Å². The Morgan fingerprint density at radius 3 is 2.88 bits per heavy atom. The third-order valence-electron chi connectivity index (χ3n) is 1.58. The van der Waals surface area contributed by atoms with Crippen LogP contribution in [0.4, 0.5) is 10.1 Å². The number of rotatable bonds is 3. The summed E-state index contributed by atoms with van der Waals surface area (Å²) in [5.74, 6) is -1.00. The fraction of sp³-hybridized carbons (Fsp3) is 0. The molecule has 4 N–H and O–H groups in total. The lowest BCUT2D eigenvalue weighted by atomic mass is 10.3. The maximum absolute atomic E-state index is 13.2. The minimum absolute atomic E-state index is 0.0865. The molecule has 0 atom stereocenters. The van der Waals surface area contributed by atoms with Crippen LogP contribution >= 0.6 is 15.9 Å². The Bertz CT molecular complexity index is 491. The van der Waals surface area contributed by atoms with Crippen molar-refractivity contribution < 1.29 is 4.39 Å². The highest BCUT2D eigenvalue weighted by atomic mass is 79.9. The van der Waals surface area contributed by atoms with Crippen molar-refractivity contribution in [3.63, 3.8) is 0 Å². The van der Waals surface area contributed by atoms with E-state index < -0.39 is 11.7 Å². The molecular formula is C9H7BrFN5. The molecular weight excluding hydrogens is 277 g/mol. The van der Waals surface area contributed by atoms with Crippen molar-refractivity contribution in [3.8, 4) is 6.07 Å². The number of nitrogens with two attached hydrogens (primary N) is 1. The van der Waals surface area contributed by atoms with Gasteiger partial charge in [-0.3, -0.25) is 10.8 Å². The van der Waals surface area contributed by atoms with Gasteiger partial charge in [0, 0.05) is 4.47 Å². The number of nitrogens with zero attached hydrogens (tertiary/aromatic N) is 2. The van der Waals surface area contributed by atoms with E-state index in [0.717, 1.165) is 0 Å². The van der Waals surface area contributed by atoms with Crippen LogP contribution in [0, 0.1) is 22.6 Å². The Hall–Kier alpha value is -1.94. The third-order valence-corrected chi connectivity index (χ3v) is 2.07. The Morgan fingerprint density at radius 1 is 1.62 bits per heavy atom. The molecule has 0 spiro atoms. The molecule has 0 aliphatic carbocycles. The topological polar surface area (TPSA) is 98.0 Å². The molecule has 1 rings (SSSR count). The first-order valence-corrected chi connectivity index (χ1v) is 4.87. The van der Waals surface area contributed by atoms with E-state index in [-0.39, 0.29) is 11.4 Å². The molecule has 0 saturated heterocycles. The molecule has 0 radical (unpaired) electrons. The molecule has 1 aromatic rings. The molecule has 0 aliphatic rings. The van der Waals surface area contributed by atoms with Gasteiger partial charge in [0.25, 0.3) is 0 Å². The summed E-state index contributed by atoms with van der Waals surface area (Å²) in [6, 6.07) is 5.83. The fourth-order valence-corrected chi connectivity index (χ4v) is 1.21. The molecule has 0 saturated carbocycles. The highest BCUT2D eigenvalue weighted by Gasteiger charge is 2.04. The van der Waals surface area contributed by atoms with Gasteiger partial charge in [-0.05, 0) is 18.2 Å². The van der Waals surface area contributed by atoms with Gasteiger partial charge >= 0.3 is 0 Å². The average molecular weight is 284 g/mol. The van der Waals surface area contributed by atoms with E-state index in [2.05, 4.69) is 26.5 Å². The smallest absolute Gasteiger partial charge is 0.201 e. The quantitative estimate of drug-likeness (QED) is 0.448. The number of hydrazone groups is 1. The number of hydrogen-bond acceptors (Lipinski definition) is 4. The van der Waals surface area contributed by atoms with Crippen molar-refractivity contribution in [1.82, 2.24) is 0 Å².